The van der Waals surface area contributed by atoms with Gasteiger partial charge in [-0.1, -0.05) is 41.5 Å². The van der Waals surface area contributed by atoms with E-state index in [1.54, 1.807) is 0 Å². The molecule has 0 spiro atoms. The summed E-state index contributed by atoms with van der Waals surface area (Å²) in [6.45, 7) is 15.1. The maximum Gasteiger partial charge on any atom is 0.0707 e. The summed E-state index contributed by atoms with van der Waals surface area (Å²) in [6.07, 6.45) is 0.783. The van der Waals surface area contributed by atoms with E-state index in [4.69, 9.17) is 0 Å². The molecule has 0 fully saturated rings. The van der Waals surface area contributed by atoms with Crippen molar-refractivity contribution in [2.24, 2.45) is 5.92 Å². The third-order valence-corrected chi connectivity index (χ3v) is 4.11. The van der Waals surface area contributed by atoms with Crippen molar-refractivity contribution in [2.75, 3.05) is 0 Å². The molecule has 0 rings (SSSR count). The molecule has 0 aromatic carbocycles. The first-order valence-electron chi connectivity index (χ1n) is 5.50. The van der Waals surface area contributed by atoms with Gasteiger partial charge in [-0.3, -0.25) is 0 Å². The molecule has 0 saturated heterocycles. The minimum Gasteiger partial charge on any atom is -0.391 e. The van der Waals surface area contributed by atoms with Crippen LogP contribution in [0, 0.1) is 5.92 Å². The molecule has 14 heavy (non-hydrogen) atoms. The topological polar surface area (TPSA) is 20.2 Å². The van der Waals surface area contributed by atoms with Crippen molar-refractivity contribution in [3.63, 3.8) is 0 Å². The predicted octanol–water partition coefficient (Wildman–Crippen LogP) is 3.70. The van der Waals surface area contributed by atoms with E-state index in [1.807, 2.05) is 11.8 Å². The number of hydrogen-bond acceptors (Lipinski definition) is 2. The summed E-state index contributed by atoms with van der Waals surface area (Å²) in [4.78, 5) is 0. The van der Waals surface area contributed by atoms with E-state index in [-0.39, 0.29) is 15.6 Å². The number of hydrogen-bond donors (Lipinski definition) is 1. The largest absolute Gasteiger partial charge is 0.391 e. The van der Waals surface area contributed by atoms with Crippen LogP contribution in [0.5, 0.6) is 0 Å². The van der Waals surface area contributed by atoms with Crippen LogP contribution in [0.25, 0.3) is 0 Å². The molecule has 86 valence electrons. The molecule has 0 saturated carbocycles. The summed E-state index contributed by atoms with van der Waals surface area (Å²) in [5.74, 6) is 0.329. The van der Waals surface area contributed by atoms with Gasteiger partial charge in [0.2, 0.25) is 0 Å². The Morgan fingerprint density at radius 3 is 1.79 bits per heavy atom. The van der Waals surface area contributed by atoms with Crippen LogP contribution in [-0.4, -0.2) is 20.7 Å². The highest BCUT2D eigenvalue weighted by Crippen LogP contribution is 2.42. The van der Waals surface area contributed by atoms with Gasteiger partial charge in [0.1, 0.15) is 0 Å². The number of rotatable bonds is 4. The van der Waals surface area contributed by atoms with Crippen LogP contribution in [0.2, 0.25) is 0 Å². The Morgan fingerprint density at radius 2 is 1.57 bits per heavy atom. The monoisotopic (exact) mass is 218 g/mol. The molecule has 0 amide bonds. The summed E-state index contributed by atoms with van der Waals surface area (Å²) in [6, 6.07) is 0. The van der Waals surface area contributed by atoms with E-state index >= 15 is 0 Å². The summed E-state index contributed by atoms with van der Waals surface area (Å²) in [5, 5.41) is 10.2. The van der Waals surface area contributed by atoms with Crippen molar-refractivity contribution >= 4 is 11.8 Å². The minimum atomic E-state index is -0.225. The molecule has 0 heterocycles. The van der Waals surface area contributed by atoms with Gasteiger partial charge in [0.15, 0.2) is 0 Å². The van der Waals surface area contributed by atoms with Crippen molar-refractivity contribution in [1.82, 2.24) is 0 Å². The Hall–Kier alpha value is 0.310. The van der Waals surface area contributed by atoms with Gasteiger partial charge in [0.05, 0.1) is 6.10 Å². The third kappa shape index (κ3) is 4.22. The zero-order chi connectivity index (χ0) is 11.6. The van der Waals surface area contributed by atoms with E-state index in [1.165, 1.54) is 0 Å². The predicted molar refractivity (Wildman–Crippen MR) is 66.9 cm³/mol. The lowest BCUT2D eigenvalue weighted by Gasteiger charge is -2.40. The van der Waals surface area contributed by atoms with Gasteiger partial charge in [-0.15, -0.1) is 11.8 Å². The lowest BCUT2D eigenvalue weighted by atomic mass is 9.92. The number of aliphatic hydroxyl groups is 1. The maximum absolute atomic E-state index is 10.2. The van der Waals surface area contributed by atoms with Crippen LogP contribution < -0.4 is 0 Å². The minimum absolute atomic E-state index is 0.0214. The zero-order valence-electron chi connectivity index (χ0n) is 10.7. The molecule has 0 aliphatic rings. The van der Waals surface area contributed by atoms with Crippen LogP contribution in [0.3, 0.4) is 0 Å². The second-order valence-electron chi connectivity index (χ2n) is 5.57. The molecule has 0 bridgehead atoms. The fraction of sp³-hybridized carbons (Fsp3) is 1.00. The van der Waals surface area contributed by atoms with Crippen molar-refractivity contribution < 1.29 is 5.11 Å². The third-order valence-electron chi connectivity index (χ3n) is 2.50. The van der Waals surface area contributed by atoms with Crippen LogP contribution in [0.15, 0.2) is 0 Å². The first kappa shape index (κ1) is 14.3. The van der Waals surface area contributed by atoms with Crippen LogP contribution >= 0.6 is 11.8 Å². The Balaban J connectivity index is 4.63. The Morgan fingerprint density at radius 1 is 1.14 bits per heavy atom. The molecule has 2 atom stereocenters. The molecule has 0 unspecified atom stereocenters. The highest BCUT2D eigenvalue weighted by molar-refractivity contribution is 8.01. The number of aliphatic hydroxyl groups excluding tert-OH is 1. The van der Waals surface area contributed by atoms with Crippen LogP contribution in [0.1, 0.15) is 54.9 Å². The second kappa shape index (κ2) is 4.89. The fourth-order valence-corrected chi connectivity index (χ4v) is 3.68. The molecule has 0 aliphatic heterocycles. The van der Waals surface area contributed by atoms with Crippen molar-refractivity contribution in [2.45, 2.75) is 70.5 Å². The molecule has 0 radical (unpaired) electrons. The molecular formula is C12H26OS. The van der Waals surface area contributed by atoms with E-state index in [0.29, 0.717) is 5.92 Å². The van der Waals surface area contributed by atoms with Crippen molar-refractivity contribution in [1.29, 1.82) is 0 Å². The molecule has 2 heteroatoms. The Labute approximate surface area is 93.7 Å². The van der Waals surface area contributed by atoms with Gasteiger partial charge in [-0.2, -0.15) is 0 Å². The van der Waals surface area contributed by atoms with Gasteiger partial charge in [-0.05, 0) is 19.3 Å². The molecule has 1 N–H and O–H groups in total. The SMILES string of the molecule is CC[C@@](C)(SC(C)(C)C)[C@H](O)C(C)C. The summed E-state index contributed by atoms with van der Waals surface area (Å²) < 4.78 is 0.188. The van der Waals surface area contributed by atoms with Gasteiger partial charge in [0, 0.05) is 9.49 Å². The second-order valence-corrected chi connectivity index (χ2v) is 7.93. The summed E-state index contributed by atoms with van der Waals surface area (Å²) in [5.41, 5.74) is 0. The Kier molecular flexibility index (Phi) is 5.00. The normalized spacial score (nSPS) is 19.5. The van der Waals surface area contributed by atoms with E-state index < -0.39 is 0 Å². The van der Waals surface area contributed by atoms with Gasteiger partial charge >= 0.3 is 0 Å². The maximum atomic E-state index is 10.2. The highest BCUT2D eigenvalue weighted by Gasteiger charge is 2.37. The zero-order valence-corrected chi connectivity index (χ0v) is 11.5. The van der Waals surface area contributed by atoms with E-state index in [2.05, 4.69) is 48.5 Å². The van der Waals surface area contributed by atoms with Gasteiger partial charge in [-0.25, -0.2) is 0 Å². The standard InChI is InChI=1S/C12H26OS/c1-8-12(7,10(13)9(2)3)14-11(4,5)6/h9-10,13H,8H2,1-7H3/t10-,12-/m1/s1. The molecule has 1 nitrogen and oxygen atoms in total. The Bertz CT molecular complexity index is 172. The van der Waals surface area contributed by atoms with Gasteiger partial charge < -0.3 is 5.11 Å². The summed E-state index contributed by atoms with van der Waals surface area (Å²) in [7, 11) is 0. The van der Waals surface area contributed by atoms with Crippen LogP contribution in [0.4, 0.5) is 0 Å². The lowest BCUT2D eigenvalue weighted by molar-refractivity contribution is 0.0869. The molecule has 0 aliphatic carbocycles. The van der Waals surface area contributed by atoms with E-state index in [9.17, 15) is 5.11 Å². The highest BCUT2D eigenvalue weighted by atomic mass is 32.2. The number of thioether (sulfide) groups is 1. The smallest absolute Gasteiger partial charge is 0.0707 e. The molecular weight excluding hydrogens is 192 g/mol. The van der Waals surface area contributed by atoms with E-state index in [0.717, 1.165) is 6.42 Å². The van der Waals surface area contributed by atoms with Crippen molar-refractivity contribution in [3.8, 4) is 0 Å². The summed E-state index contributed by atoms with van der Waals surface area (Å²) >= 11 is 1.89. The van der Waals surface area contributed by atoms with Crippen LogP contribution in [-0.2, 0) is 0 Å². The molecule has 0 aromatic rings. The average molecular weight is 218 g/mol. The fourth-order valence-electron chi connectivity index (χ4n) is 1.75. The average Bonchev–Trinajstić information content (AvgIpc) is 1.99. The first-order valence-corrected chi connectivity index (χ1v) is 6.32. The lowest BCUT2D eigenvalue weighted by Crippen LogP contribution is -2.42. The first-order chi connectivity index (χ1) is 6.12. The quantitative estimate of drug-likeness (QED) is 0.776. The molecule has 0 aromatic heterocycles. The van der Waals surface area contributed by atoms with Crippen molar-refractivity contribution in [3.05, 3.63) is 0 Å². The van der Waals surface area contributed by atoms with Gasteiger partial charge in [0.25, 0.3) is 0 Å².